The number of rotatable bonds is 3. The fraction of sp³-hybridized carbons (Fsp3) is 0.462. The van der Waals surface area contributed by atoms with Crippen LogP contribution in [-0.4, -0.2) is 27.8 Å². The van der Waals surface area contributed by atoms with Crippen molar-refractivity contribution >= 4 is 52.5 Å². The summed E-state index contributed by atoms with van der Waals surface area (Å²) in [5.41, 5.74) is 0.831. The minimum absolute atomic E-state index is 0.0822. The van der Waals surface area contributed by atoms with Crippen LogP contribution in [-0.2, 0) is 11.2 Å². The largest absolute Gasteiger partial charge is 0.298 e. The number of hydrogen-bond donors (Lipinski definition) is 0. The van der Waals surface area contributed by atoms with Crippen LogP contribution < -0.4 is 0 Å². The van der Waals surface area contributed by atoms with Crippen molar-refractivity contribution in [1.82, 2.24) is 0 Å². The Bertz CT molecular complexity index is 451. The molecule has 5 heteroatoms. The molecule has 1 aromatic carbocycles. The van der Waals surface area contributed by atoms with Crippen LogP contribution >= 0.6 is 46.7 Å². The second-order valence-corrected chi connectivity index (χ2v) is 7.74. The predicted octanol–water partition coefficient (Wildman–Crippen LogP) is 4.34. The van der Waals surface area contributed by atoms with E-state index >= 15 is 0 Å². The summed E-state index contributed by atoms with van der Waals surface area (Å²) in [4.78, 5) is 12.3. The average Bonchev–Trinajstić information content (AvgIpc) is 2.35. The van der Waals surface area contributed by atoms with Gasteiger partial charge in [0.25, 0.3) is 0 Å². The van der Waals surface area contributed by atoms with Crippen LogP contribution in [0.25, 0.3) is 0 Å². The first-order chi connectivity index (χ1) is 8.59. The van der Waals surface area contributed by atoms with E-state index in [-0.39, 0.29) is 11.0 Å². The molecule has 2 atom stereocenters. The van der Waals surface area contributed by atoms with Crippen molar-refractivity contribution in [2.24, 2.45) is 0 Å². The molecule has 1 heterocycles. The van der Waals surface area contributed by atoms with E-state index in [1.165, 1.54) is 0 Å². The van der Waals surface area contributed by atoms with E-state index in [9.17, 15) is 4.79 Å². The van der Waals surface area contributed by atoms with E-state index in [1.54, 1.807) is 17.8 Å². The van der Waals surface area contributed by atoms with E-state index in [1.807, 2.05) is 23.9 Å². The van der Waals surface area contributed by atoms with Crippen LogP contribution in [0.4, 0.5) is 0 Å². The normalized spacial score (nSPS) is 23.9. The average molecular weight is 321 g/mol. The maximum absolute atomic E-state index is 12.3. The van der Waals surface area contributed by atoms with Crippen LogP contribution in [0.3, 0.4) is 0 Å². The third-order valence-electron chi connectivity index (χ3n) is 2.90. The van der Waals surface area contributed by atoms with Gasteiger partial charge in [0, 0.05) is 23.2 Å². The highest BCUT2D eigenvalue weighted by molar-refractivity contribution is 8.07. The SMILES string of the molecule is CC1SCCSC1C(=O)Cc1cccc(Cl)c1Cl. The van der Waals surface area contributed by atoms with Crippen molar-refractivity contribution in [3.8, 4) is 0 Å². The van der Waals surface area contributed by atoms with Gasteiger partial charge in [0.05, 0.1) is 15.3 Å². The Morgan fingerprint density at radius 2 is 2.06 bits per heavy atom. The molecule has 0 amide bonds. The molecule has 2 unspecified atom stereocenters. The number of carbonyl (C=O) groups is 1. The van der Waals surface area contributed by atoms with Crippen LogP contribution in [0.5, 0.6) is 0 Å². The van der Waals surface area contributed by atoms with Crippen molar-refractivity contribution in [2.75, 3.05) is 11.5 Å². The summed E-state index contributed by atoms with van der Waals surface area (Å²) in [5.74, 6) is 2.44. The molecule has 1 aliphatic rings. The van der Waals surface area contributed by atoms with Gasteiger partial charge in [-0.05, 0) is 11.6 Å². The van der Waals surface area contributed by atoms with Gasteiger partial charge in [-0.3, -0.25) is 4.79 Å². The van der Waals surface area contributed by atoms with Crippen molar-refractivity contribution in [1.29, 1.82) is 0 Å². The molecule has 0 N–H and O–H groups in total. The highest BCUT2D eigenvalue weighted by Gasteiger charge is 2.29. The molecule has 0 aliphatic carbocycles. The molecule has 1 aliphatic heterocycles. The number of Topliss-reactive ketones (excluding diaryl/α,β-unsaturated/α-hetero) is 1. The molecule has 0 spiro atoms. The van der Waals surface area contributed by atoms with Gasteiger partial charge in [0.15, 0.2) is 5.78 Å². The summed E-state index contributed by atoms with van der Waals surface area (Å²) >= 11 is 15.7. The molecule has 0 aromatic heterocycles. The molecule has 1 fully saturated rings. The zero-order valence-corrected chi connectivity index (χ0v) is 13.1. The minimum Gasteiger partial charge on any atom is -0.298 e. The summed E-state index contributed by atoms with van der Waals surface area (Å²) < 4.78 is 0. The third-order valence-corrected chi connectivity index (χ3v) is 6.90. The van der Waals surface area contributed by atoms with Gasteiger partial charge in [0.2, 0.25) is 0 Å². The first-order valence-corrected chi connectivity index (χ1v) is 8.63. The molecule has 98 valence electrons. The Kier molecular flexibility index (Phi) is 5.31. The first-order valence-electron chi connectivity index (χ1n) is 5.78. The second-order valence-electron chi connectivity index (χ2n) is 4.22. The van der Waals surface area contributed by atoms with Gasteiger partial charge in [0.1, 0.15) is 0 Å². The van der Waals surface area contributed by atoms with Gasteiger partial charge in [-0.2, -0.15) is 11.8 Å². The second kappa shape index (κ2) is 6.56. The maximum Gasteiger partial charge on any atom is 0.151 e. The molecular weight excluding hydrogens is 307 g/mol. The van der Waals surface area contributed by atoms with Crippen molar-refractivity contribution in [3.05, 3.63) is 33.8 Å². The molecule has 0 bridgehead atoms. The number of ketones is 1. The highest BCUT2D eigenvalue weighted by atomic mass is 35.5. The fourth-order valence-corrected chi connectivity index (χ4v) is 5.08. The van der Waals surface area contributed by atoms with Crippen molar-refractivity contribution < 1.29 is 4.79 Å². The Hall–Kier alpha value is 0.170. The molecular formula is C13H14Cl2OS2. The van der Waals surface area contributed by atoms with Crippen LogP contribution in [0.15, 0.2) is 18.2 Å². The topological polar surface area (TPSA) is 17.1 Å². The van der Waals surface area contributed by atoms with E-state index in [4.69, 9.17) is 23.2 Å². The van der Waals surface area contributed by atoms with E-state index in [0.29, 0.717) is 21.7 Å². The smallest absolute Gasteiger partial charge is 0.151 e. The Morgan fingerprint density at radius 3 is 2.78 bits per heavy atom. The van der Waals surface area contributed by atoms with Gasteiger partial charge < -0.3 is 0 Å². The zero-order chi connectivity index (χ0) is 13.1. The summed E-state index contributed by atoms with van der Waals surface area (Å²) in [6, 6.07) is 5.45. The molecule has 1 saturated heterocycles. The quantitative estimate of drug-likeness (QED) is 0.824. The molecule has 0 saturated carbocycles. The summed E-state index contributed by atoms with van der Waals surface area (Å²) in [7, 11) is 0. The summed E-state index contributed by atoms with van der Waals surface area (Å²) in [5, 5.41) is 1.49. The van der Waals surface area contributed by atoms with Crippen LogP contribution in [0.2, 0.25) is 10.0 Å². The monoisotopic (exact) mass is 320 g/mol. The molecule has 1 aromatic rings. The predicted molar refractivity (Wildman–Crippen MR) is 83.3 cm³/mol. The zero-order valence-electron chi connectivity index (χ0n) is 9.99. The Labute approximate surface area is 126 Å². The van der Waals surface area contributed by atoms with Gasteiger partial charge in [-0.15, -0.1) is 11.8 Å². The number of thioether (sulfide) groups is 2. The van der Waals surface area contributed by atoms with Gasteiger partial charge >= 0.3 is 0 Å². The Balaban J connectivity index is 2.09. The Morgan fingerprint density at radius 1 is 1.33 bits per heavy atom. The maximum atomic E-state index is 12.3. The summed E-state index contributed by atoms with van der Waals surface area (Å²) in [6.07, 6.45) is 0.377. The van der Waals surface area contributed by atoms with Gasteiger partial charge in [-0.25, -0.2) is 0 Å². The van der Waals surface area contributed by atoms with Crippen molar-refractivity contribution in [3.63, 3.8) is 0 Å². The summed E-state index contributed by atoms with van der Waals surface area (Å²) in [6.45, 7) is 2.12. The lowest BCUT2D eigenvalue weighted by molar-refractivity contribution is -0.117. The standard InChI is InChI=1S/C13H14Cl2OS2/c1-8-13(18-6-5-17-8)11(16)7-9-3-2-4-10(14)12(9)15/h2-4,8,13H,5-7H2,1H3. The van der Waals surface area contributed by atoms with E-state index in [0.717, 1.165) is 17.1 Å². The fourth-order valence-electron chi connectivity index (χ4n) is 1.96. The number of benzene rings is 1. The molecule has 2 rings (SSSR count). The molecule has 1 nitrogen and oxygen atoms in total. The van der Waals surface area contributed by atoms with E-state index < -0.39 is 0 Å². The lowest BCUT2D eigenvalue weighted by atomic mass is 10.1. The van der Waals surface area contributed by atoms with Crippen molar-refractivity contribution in [2.45, 2.75) is 23.8 Å². The molecule has 18 heavy (non-hydrogen) atoms. The number of hydrogen-bond acceptors (Lipinski definition) is 3. The lowest BCUT2D eigenvalue weighted by Crippen LogP contribution is -2.32. The first kappa shape index (κ1) is 14.6. The van der Waals surface area contributed by atoms with E-state index in [2.05, 4.69) is 6.92 Å². The highest BCUT2D eigenvalue weighted by Crippen LogP contribution is 2.33. The third kappa shape index (κ3) is 3.38. The lowest BCUT2D eigenvalue weighted by Gasteiger charge is -2.26. The minimum atomic E-state index is 0.0822. The number of halogens is 2. The van der Waals surface area contributed by atoms with Crippen LogP contribution in [0.1, 0.15) is 12.5 Å². The van der Waals surface area contributed by atoms with Crippen LogP contribution in [0, 0.1) is 0 Å². The molecule has 0 radical (unpaired) electrons. The van der Waals surface area contributed by atoms with Gasteiger partial charge in [-0.1, -0.05) is 42.3 Å². The number of carbonyl (C=O) groups excluding carboxylic acids is 1.